The summed E-state index contributed by atoms with van der Waals surface area (Å²) in [5.74, 6) is 0. The van der Waals surface area contributed by atoms with Crippen LogP contribution in [0.4, 0.5) is 5.69 Å². The SMILES string of the molecule is Cc1ccc(S(=O)(=O)N2C[C@H](c3ccccc3)N(c3ccccc3)C2)cc1. The quantitative estimate of drug-likeness (QED) is 0.683. The van der Waals surface area contributed by atoms with Crippen LogP contribution >= 0.6 is 0 Å². The molecule has 0 bridgehead atoms. The van der Waals surface area contributed by atoms with E-state index in [9.17, 15) is 8.42 Å². The highest BCUT2D eigenvalue weighted by molar-refractivity contribution is 7.89. The van der Waals surface area contributed by atoms with Crippen molar-refractivity contribution in [3.63, 3.8) is 0 Å². The van der Waals surface area contributed by atoms with Gasteiger partial charge in [0.05, 0.1) is 17.6 Å². The van der Waals surface area contributed by atoms with Gasteiger partial charge in [0.25, 0.3) is 0 Å². The molecular formula is C22H22N2O2S. The number of para-hydroxylation sites is 1. The van der Waals surface area contributed by atoms with Crippen molar-refractivity contribution in [1.82, 2.24) is 4.31 Å². The number of nitrogens with zero attached hydrogens (tertiary/aromatic N) is 2. The summed E-state index contributed by atoms with van der Waals surface area (Å²) in [6.07, 6.45) is 0. The molecule has 0 amide bonds. The minimum atomic E-state index is -3.55. The van der Waals surface area contributed by atoms with E-state index in [1.165, 1.54) is 0 Å². The predicted molar refractivity (Wildman–Crippen MR) is 108 cm³/mol. The van der Waals surface area contributed by atoms with Crippen LogP contribution in [0.3, 0.4) is 0 Å². The largest absolute Gasteiger partial charge is 0.349 e. The standard InChI is InChI=1S/C22H22N2O2S/c1-18-12-14-21(15-13-18)27(25,26)23-16-22(19-8-4-2-5-9-19)24(17-23)20-10-6-3-7-11-20/h2-15,22H,16-17H2,1H3/t22-/m1/s1. The van der Waals surface area contributed by atoms with Crippen molar-refractivity contribution in [1.29, 1.82) is 0 Å². The van der Waals surface area contributed by atoms with Gasteiger partial charge in [-0.25, -0.2) is 8.42 Å². The molecule has 5 heteroatoms. The Bertz CT molecular complexity index is 956. The van der Waals surface area contributed by atoms with Gasteiger partial charge in [0.15, 0.2) is 0 Å². The molecule has 138 valence electrons. The molecule has 0 aliphatic carbocycles. The molecule has 3 aromatic carbocycles. The number of hydrogen-bond acceptors (Lipinski definition) is 3. The Labute approximate surface area is 160 Å². The molecule has 27 heavy (non-hydrogen) atoms. The Hall–Kier alpha value is -2.63. The zero-order chi connectivity index (χ0) is 18.9. The summed E-state index contributed by atoms with van der Waals surface area (Å²) in [5, 5.41) is 0. The van der Waals surface area contributed by atoms with E-state index >= 15 is 0 Å². The van der Waals surface area contributed by atoms with Crippen LogP contribution in [0.15, 0.2) is 89.8 Å². The predicted octanol–water partition coefficient (Wildman–Crippen LogP) is 4.20. The van der Waals surface area contributed by atoms with Gasteiger partial charge in [0.2, 0.25) is 10.0 Å². The van der Waals surface area contributed by atoms with Gasteiger partial charge in [0, 0.05) is 12.2 Å². The third kappa shape index (κ3) is 3.48. The molecule has 1 fully saturated rings. The van der Waals surface area contributed by atoms with E-state index in [0.717, 1.165) is 16.8 Å². The monoisotopic (exact) mass is 378 g/mol. The fourth-order valence-corrected chi connectivity index (χ4v) is 4.88. The van der Waals surface area contributed by atoms with E-state index in [2.05, 4.69) is 17.0 Å². The number of hydrogen-bond donors (Lipinski definition) is 0. The average Bonchev–Trinajstić information content (AvgIpc) is 3.16. The molecule has 0 spiro atoms. The third-order valence-electron chi connectivity index (χ3n) is 4.99. The first-order valence-corrected chi connectivity index (χ1v) is 10.4. The zero-order valence-electron chi connectivity index (χ0n) is 15.2. The number of aryl methyl sites for hydroxylation is 1. The lowest BCUT2D eigenvalue weighted by atomic mass is 10.1. The lowest BCUT2D eigenvalue weighted by Gasteiger charge is -2.26. The van der Waals surface area contributed by atoms with Crippen molar-refractivity contribution >= 4 is 15.7 Å². The maximum atomic E-state index is 13.2. The van der Waals surface area contributed by atoms with Crippen LogP contribution < -0.4 is 4.90 Å². The Morgan fingerprint density at radius 3 is 2.04 bits per heavy atom. The lowest BCUT2D eigenvalue weighted by Crippen LogP contribution is -2.31. The van der Waals surface area contributed by atoms with Crippen LogP contribution in [-0.2, 0) is 10.0 Å². The van der Waals surface area contributed by atoms with Crippen molar-refractivity contribution < 1.29 is 8.42 Å². The summed E-state index contributed by atoms with van der Waals surface area (Å²) >= 11 is 0. The average molecular weight is 378 g/mol. The van der Waals surface area contributed by atoms with Crippen LogP contribution in [0.25, 0.3) is 0 Å². The van der Waals surface area contributed by atoms with Gasteiger partial charge in [-0.2, -0.15) is 4.31 Å². The lowest BCUT2D eigenvalue weighted by molar-refractivity contribution is 0.473. The summed E-state index contributed by atoms with van der Waals surface area (Å²) in [7, 11) is -3.55. The molecule has 1 aliphatic heterocycles. The van der Waals surface area contributed by atoms with Crippen molar-refractivity contribution in [2.24, 2.45) is 0 Å². The highest BCUT2D eigenvalue weighted by Gasteiger charge is 2.38. The molecule has 1 saturated heterocycles. The molecule has 1 atom stereocenters. The van der Waals surface area contributed by atoms with E-state index in [0.29, 0.717) is 18.1 Å². The smallest absolute Gasteiger partial charge is 0.244 e. The second kappa shape index (κ2) is 7.18. The van der Waals surface area contributed by atoms with Gasteiger partial charge in [0.1, 0.15) is 0 Å². The maximum absolute atomic E-state index is 13.2. The molecule has 3 aromatic rings. The number of benzene rings is 3. The molecular weight excluding hydrogens is 356 g/mol. The minimum Gasteiger partial charge on any atom is -0.349 e. The van der Waals surface area contributed by atoms with Crippen LogP contribution in [0.1, 0.15) is 17.2 Å². The molecule has 0 radical (unpaired) electrons. The first kappa shape index (κ1) is 17.8. The van der Waals surface area contributed by atoms with Crippen LogP contribution in [0.5, 0.6) is 0 Å². The molecule has 1 aliphatic rings. The fraction of sp³-hybridized carbons (Fsp3) is 0.182. The number of anilines is 1. The summed E-state index contributed by atoms with van der Waals surface area (Å²) in [4.78, 5) is 2.50. The summed E-state index contributed by atoms with van der Waals surface area (Å²) < 4.78 is 28.0. The van der Waals surface area contributed by atoms with Gasteiger partial charge in [-0.1, -0.05) is 66.2 Å². The fourth-order valence-electron chi connectivity index (χ4n) is 3.49. The summed E-state index contributed by atoms with van der Waals surface area (Å²) in [6.45, 7) is 2.71. The minimum absolute atomic E-state index is 0.0196. The Morgan fingerprint density at radius 1 is 0.815 bits per heavy atom. The molecule has 0 unspecified atom stereocenters. The molecule has 1 heterocycles. The Kier molecular flexibility index (Phi) is 4.72. The van der Waals surface area contributed by atoms with Gasteiger partial charge in [-0.05, 0) is 36.8 Å². The molecule has 0 saturated carbocycles. The second-order valence-corrected chi connectivity index (χ2v) is 8.76. The topological polar surface area (TPSA) is 40.6 Å². The molecule has 0 aromatic heterocycles. The van der Waals surface area contributed by atoms with Crippen LogP contribution in [0, 0.1) is 6.92 Å². The van der Waals surface area contributed by atoms with Crippen molar-refractivity contribution in [2.75, 3.05) is 18.1 Å². The molecule has 4 rings (SSSR count). The van der Waals surface area contributed by atoms with Crippen molar-refractivity contribution in [3.8, 4) is 0 Å². The van der Waals surface area contributed by atoms with E-state index in [-0.39, 0.29) is 6.04 Å². The zero-order valence-corrected chi connectivity index (χ0v) is 16.0. The van der Waals surface area contributed by atoms with E-state index < -0.39 is 10.0 Å². The molecule has 4 nitrogen and oxygen atoms in total. The molecule has 0 N–H and O–H groups in total. The number of rotatable bonds is 4. The van der Waals surface area contributed by atoms with Crippen LogP contribution in [-0.4, -0.2) is 25.9 Å². The van der Waals surface area contributed by atoms with Gasteiger partial charge in [-0.3, -0.25) is 0 Å². The number of sulfonamides is 1. The highest BCUT2D eigenvalue weighted by Crippen LogP contribution is 2.35. The Morgan fingerprint density at radius 2 is 1.41 bits per heavy atom. The van der Waals surface area contributed by atoms with Gasteiger partial charge in [-0.15, -0.1) is 0 Å². The Balaban J connectivity index is 1.71. The maximum Gasteiger partial charge on any atom is 0.244 e. The van der Waals surface area contributed by atoms with E-state index in [1.54, 1.807) is 16.4 Å². The van der Waals surface area contributed by atoms with Crippen molar-refractivity contribution in [3.05, 3.63) is 96.1 Å². The van der Waals surface area contributed by atoms with Gasteiger partial charge >= 0.3 is 0 Å². The summed E-state index contributed by atoms with van der Waals surface area (Å²) in [6, 6.07) is 27.1. The van der Waals surface area contributed by atoms with Crippen LogP contribution in [0.2, 0.25) is 0 Å². The first-order chi connectivity index (χ1) is 13.1. The summed E-state index contributed by atoms with van der Waals surface area (Å²) in [5.41, 5.74) is 3.18. The van der Waals surface area contributed by atoms with E-state index in [4.69, 9.17) is 0 Å². The third-order valence-corrected chi connectivity index (χ3v) is 6.81. The van der Waals surface area contributed by atoms with E-state index in [1.807, 2.05) is 67.6 Å². The highest BCUT2D eigenvalue weighted by atomic mass is 32.2. The van der Waals surface area contributed by atoms with Gasteiger partial charge < -0.3 is 4.90 Å². The normalized spacial score (nSPS) is 18.0. The first-order valence-electron chi connectivity index (χ1n) is 8.99. The van der Waals surface area contributed by atoms with Crippen molar-refractivity contribution in [2.45, 2.75) is 17.9 Å². The second-order valence-electron chi connectivity index (χ2n) is 6.83.